The second-order valence-electron chi connectivity index (χ2n) is 2.56. The van der Waals surface area contributed by atoms with Gasteiger partial charge in [0.05, 0.1) is 0 Å². The average Bonchev–Trinajstić information content (AvgIpc) is 1.87. The first kappa shape index (κ1) is 17.5. The Morgan fingerprint density at radius 2 is 1.20 bits per heavy atom. The fourth-order valence-corrected chi connectivity index (χ4v) is 2.25. The Morgan fingerprint density at radius 3 is 1.20 bits per heavy atom. The van der Waals surface area contributed by atoms with Gasteiger partial charge in [-0.25, -0.2) is 0 Å². The molecule has 0 rings (SSSR count). The summed E-state index contributed by atoms with van der Waals surface area (Å²) in [6, 6.07) is 4.04. The Labute approximate surface area is 93.1 Å². The molecule has 3 heteroatoms. The van der Waals surface area contributed by atoms with Crippen LogP contribution in [0.4, 0.5) is 0 Å². The van der Waals surface area contributed by atoms with Crippen LogP contribution in [0.5, 0.6) is 0 Å². The van der Waals surface area contributed by atoms with Crippen molar-refractivity contribution in [3.8, 4) is 0 Å². The molecule has 0 nitrogen and oxygen atoms in total. The smallest absolute Gasteiger partial charge is 1.00 e. The molecule has 0 aliphatic rings. The summed E-state index contributed by atoms with van der Waals surface area (Å²) in [7, 11) is -0.921. The standard InChI is InChI=1S/C7H17Si.BrH.Mg/c1-5-8(4,6-2)7-3;;/h4-7H2,1-3H3;1H;/q-1;;+2/p-1. The fourth-order valence-electron chi connectivity index (χ4n) is 0.750. The molecule has 0 spiro atoms. The SMILES string of the molecule is [Br-].[CH2-][Si](CC)(CC)CC.[Mg+2]. The number of rotatable bonds is 3. The maximum Gasteiger partial charge on any atom is 2.00 e. The average molecular weight is 234 g/mol. The molecule has 0 N–H and O–H groups in total. The number of hydrogen-bond donors (Lipinski definition) is 0. The minimum Gasteiger partial charge on any atom is -1.00 e. The zero-order valence-electron chi connectivity index (χ0n) is 7.41. The molecule has 0 heterocycles. The summed E-state index contributed by atoms with van der Waals surface area (Å²) >= 11 is 0. The molecule has 10 heavy (non-hydrogen) atoms. The first-order chi connectivity index (χ1) is 3.68. The van der Waals surface area contributed by atoms with Gasteiger partial charge in [-0.2, -0.15) is 0 Å². The van der Waals surface area contributed by atoms with Gasteiger partial charge in [0.1, 0.15) is 0 Å². The van der Waals surface area contributed by atoms with Crippen molar-refractivity contribution in [1.82, 2.24) is 0 Å². The third kappa shape index (κ3) is 6.19. The van der Waals surface area contributed by atoms with Crippen molar-refractivity contribution >= 4 is 31.1 Å². The molecule has 0 radical (unpaired) electrons. The Bertz CT molecular complexity index is 56.4. The molecule has 0 aliphatic heterocycles. The molecule has 0 saturated heterocycles. The van der Waals surface area contributed by atoms with Crippen LogP contribution in [-0.2, 0) is 0 Å². The third-order valence-electron chi connectivity index (χ3n) is 2.25. The Kier molecular flexibility index (Phi) is 15.0. The van der Waals surface area contributed by atoms with Gasteiger partial charge in [0, 0.05) is 0 Å². The molecule has 0 fully saturated rings. The Balaban J connectivity index is -0.000000245. The van der Waals surface area contributed by atoms with Gasteiger partial charge in [0.25, 0.3) is 0 Å². The van der Waals surface area contributed by atoms with Crippen LogP contribution in [0.15, 0.2) is 0 Å². The van der Waals surface area contributed by atoms with Crippen LogP contribution in [0.25, 0.3) is 0 Å². The van der Waals surface area contributed by atoms with Crippen molar-refractivity contribution < 1.29 is 17.0 Å². The molecule has 0 aromatic carbocycles. The van der Waals surface area contributed by atoms with Gasteiger partial charge < -0.3 is 23.5 Å². The molecular formula is C7H17BrMgSi. The summed E-state index contributed by atoms with van der Waals surface area (Å²) in [5, 5.41) is 0. The van der Waals surface area contributed by atoms with E-state index in [1.54, 1.807) is 0 Å². The van der Waals surface area contributed by atoms with E-state index in [9.17, 15) is 0 Å². The first-order valence-electron chi connectivity index (χ1n) is 3.54. The van der Waals surface area contributed by atoms with Gasteiger partial charge in [0.2, 0.25) is 0 Å². The van der Waals surface area contributed by atoms with Crippen LogP contribution in [0.3, 0.4) is 0 Å². The fraction of sp³-hybridized carbons (Fsp3) is 0.857. The number of hydrogen-bond acceptors (Lipinski definition) is 0. The molecule has 58 valence electrons. The molecule has 0 saturated carbocycles. The van der Waals surface area contributed by atoms with Gasteiger partial charge in [-0.05, 0) is 0 Å². The van der Waals surface area contributed by atoms with Crippen LogP contribution < -0.4 is 17.0 Å². The van der Waals surface area contributed by atoms with Gasteiger partial charge >= 0.3 is 23.1 Å². The topological polar surface area (TPSA) is 0 Å². The van der Waals surface area contributed by atoms with Crippen LogP contribution in [-0.4, -0.2) is 31.1 Å². The number of halogens is 1. The van der Waals surface area contributed by atoms with Crippen LogP contribution in [0.1, 0.15) is 20.8 Å². The van der Waals surface area contributed by atoms with E-state index in [-0.39, 0.29) is 40.0 Å². The predicted octanol–water partition coefficient (Wildman–Crippen LogP) is -0.509. The first-order valence-corrected chi connectivity index (χ1v) is 6.36. The molecule has 0 bridgehead atoms. The Hall–Kier alpha value is 1.46. The van der Waals surface area contributed by atoms with Gasteiger partial charge in [0.15, 0.2) is 0 Å². The summed E-state index contributed by atoms with van der Waals surface area (Å²) in [4.78, 5) is 0. The van der Waals surface area contributed by atoms with E-state index in [2.05, 4.69) is 27.3 Å². The molecule has 0 atom stereocenters. The van der Waals surface area contributed by atoms with Gasteiger partial charge in [-0.3, -0.25) is 0 Å². The van der Waals surface area contributed by atoms with E-state index in [4.69, 9.17) is 0 Å². The molecule has 0 aliphatic carbocycles. The summed E-state index contributed by atoms with van der Waals surface area (Å²) in [5.74, 6) is 0. The zero-order chi connectivity index (χ0) is 6.62. The summed E-state index contributed by atoms with van der Waals surface area (Å²) < 4.78 is 0. The van der Waals surface area contributed by atoms with Crippen molar-refractivity contribution in [2.24, 2.45) is 0 Å². The normalized spacial score (nSPS) is 9.60. The summed E-state index contributed by atoms with van der Waals surface area (Å²) in [5.41, 5.74) is 0. The maximum atomic E-state index is 4.26. The largest absolute Gasteiger partial charge is 2.00 e. The summed E-state index contributed by atoms with van der Waals surface area (Å²) in [6.45, 7) is 11.1. The minimum absolute atomic E-state index is 0. The molecule has 0 unspecified atom stereocenters. The van der Waals surface area contributed by atoms with Crippen molar-refractivity contribution in [3.63, 3.8) is 0 Å². The van der Waals surface area contributed by atoms with Crippen LogP contribution in [0, 0.1) is 6.55 Å². The van der Waals surface area contributed by atoms with Crippen LogP contribution >= 0.6 is 0 Å². The van der Waals surface area contributed by atoms with Crippen LogP contribution in [0.2, 0.25) is 18.1 Å². The van der Waals surface area contributed by atoms with Crippen molar-refractivity contribution in [1.29, 1.82) is 0 Å². The second-order valence-corrected chi connectivity index (χ2v) is 7.68. The van der Waals surface area contributed by atoms with E-state index in [0.717, 1.165) is 0 Å². The quantitative estimate of drug-likeness (QED) is 0.455. The van der Waals surface area contributed by atoms with E-state index in [1.807, 2.05) is 0 Å². The van der Waals surface area contributed by atoms with Gasteiger partial charge in [-0.15, -0.1) is 0 Å². The predicted molar refractivity (Wildman–Crippen MR) is 48.3 cm³/mol. The minimum atomic E-state index is -0.921. The summed E-state index contributed by atoms with van der Waals surface area (Å²) in [6.07, 6.45) is 0. The van der Waals surface area contributed by atoms with E-state index in [0.29, 0.717) is 0 Å². The third-order valence-corrected chi connectivity index (χ3v) is 6.75. The zero-order valence-corrected chi connectivity index (χ0v) is 11.4. The molecule has 0 aromatic heterocycles. The van der Waals surface area contributed by atoms with Gasteiger partial charge in [-0.1, -0.05) is 47.0 Å². The van der Waals surface area contributed by atoms with Crippen molar-refractivity contribution in [2.45, 2.75) is 38.9 Å². The maximum absolute atomic E-state index is 4.26. The molecular weight excluding hydrogens is 216 g/mol. The van der Waals surface area contributed by atoms with E-state index >= 15 is 0 Å². The monoisotopic (exact) mass is 232 g/mol. The molecule has 0 aromatic rings. The van der Waals surface area contributed by atoms with Crippen molar-refractivity contribution in [2.75, 3.05) is 0 Å². The molecule has 0 amide bonds. The Morgan fingerprint density at radius 1 is 1.00 bits per heavy atom. The van der Waals surface area contributed by atoms with E-state index < -0.39 is 8.07 Å². The second kappa shape index (κ2) is 8.56. The van der Waals surface area contributed by atoms with Crippen molar-refractivity contribution in [3.05, 3.63) is 6.55 Å². The van der Waals surface area contributed by atoms with E-state index in [1.165, 1.54) is 18.1 Å².